The molecule has 0 saturated carbocycles. The number of aryl methyl sites for hydroxylation is 1. The van der Waals surface area contributed by atoms with Crippen LogP contribution in [-0.2, 0) is 35.3 Å². The summed E-state index contributed by atoms with van der Waals surface area (Å²) in [5, 5.41) is 13.6. The lowest BCUT2D eigenvalue weighted by Gasteiger charge is -2.12. The smallest absolute Gasteiger partial charge is 0.416 e. The summed E-state index contributed by atoms with van der Waals surface area (Å²) in [7, 11) is 0. The molecule has 0 amide bonds. The van der Waals surface area contributed by atoms with Crippen LogP contribution >= 0.6 is 11.6 Å². The molecule has 0 atom stereocenters. The Hall–Kier alpha value is -3.40. The summed E-state index contributed by atoms with van der Waals surface area (Å²) in [6.07, 6.45) is -4.20. The van der Waals surface area contributed by atoms with Crippen LogP contribution in [0.25, 0.3) is 11.4 Å². The normalized spacial score (nSPS) is 11.5. The summed E-state index contributed by atoms with van der Waals surface area (Å²) in [5.74, 6) is -1.08. The Kier molecular flexibility index (Phi) is 8.50. The number of carboxylic acid groups (broad SMARTS) is 1. The molecule has 0 saturated heterocycles. The van der Waals surface area contributed by atoms with E-state index >= 15 is 0 Å². The number of carbonyl (C=O) groups excluding carboxylic acids is 1. The van der Waals surface area contributed by atoms with Crippen molar-refractivity contribution in [2.75, 3.05) is 0 Å². The van der Waals surface area contributed by atoms with Gasteiger partial charge in [0.05, 0.1) is 5.56 Å². The summed E-state index contributed by atoms with van der Waals surface area (Å²) in [5.41, 5.74) is -0.623. The van der Waals surface area contributed by atoms with Crippen LogP contribution in [0.4, 0.5) is 13.2 Å². The highest BCUT2D eigenvalue weighted by molar-refractivity contribution is 6.30. The van der Waals surface area contributed by atoms with E-state index in [2.05, 4.69) is 5.10 Å². The van der Waals surface area contributed by atoms with Gasteiger partial charge in [-0.3, -0.25) is 14.2 Å². The van der Waals surface area contributed by atoms with Crippen molar-refractivity contribution in [3.8, 4) is 11.4 Å². The standard InChI is InChI=1S/C24H23ClF3N3O4/c25-18-12-10-17(11-13-18)22-29-31(23(35)30(22)14-4-9-21(33)34)15-19(32)7-3-6-16-5-1-2-8-20(16)24(26,27)28/h1-2,5,8,10-13H,3-4,6-7,9,14-15H2,(H,33,34). The first-order chi connectivity index (χ1) is 16.6. The maximum atomic E-state index is 13.1. The average molecular weight is 510 g/mol. The highest BCUT2D eigenvalue weighted by Gasteiger charge is 2.32. The highest BCUT2D eigenvalue weighted by atomic mass is 35.5. The average Bonchev–Trinajstić information content (AvgIpc) is 3.09. The zero-order chi connectivity index (χ0) is 25.6. The minimum atomic E-state index is -4.47. The molecule has 0 spiro atoms. The number of nitrogens with zero attached hydrogens (tertiary/aromatic N) is 3. The van der Waals surface area contributed by atoms with Crippen molar-refractivity contribution in [3.05, 3.63) is 75.2 Å². The van der Waals surface area contributed by atoms with Crippen LogP contribution in [0.15, 0.2) is 53.3 Å². The van der Waals surface area contributed by atoms with Gasteiger partial charge in [0.1, 0.15) is 6.54 Å². The summed E-state index contributed by atoms with van der Waals surface area (Å²) in [6.45, 7) is -0.252. The van der Waals surface area contributed by atoms with Crippen molar-refractivity contribution >= 4 is 23.4 Å². The van der Waals surface area contributed by atoms with Crippen molar-refractivity contribution < 1.29 is 27.9 Å². The molecule has 0 aliphatic carbocycles. The molecule has 3 aromatic rings. The number of aliphatic carboxylic acids is 1. The second-order valence-electron chi connectivity index (χ2n) is 7.97. The van der Waals surface area contributed by atoms with E-state index in [1.807, 2.05) is 0 Å². The van der Waals surface area contributed by atoms with Crippen molar-refractivity contribution in [1.82, 2.24) is 14.3 Å². The van der Waals surface area contributed by atoms with Gasteiger partial charge < -0.3 is 5.11 Å². The van der Waals surface area contributed by atoms with Crippen LogP contribution in [0, 0.1) is 0 Å². The van der Waals surface area contributed by atoms with Crippen LogP contribution in [0.2, 0.25) is 5.02 Å². The van der Waals surface area contributed by atoms with E-state index in [9.17, 15) is 27.6 Å². The second-order valence-corrected chi connectivity index (χ2v) is 8.40. The summed E-state index contributed by atoms with van der Waals surface area (Å²) in [6, 6.07) is 11.8. The number of alkyl halides is 3. The molecule has 3 rings (SSSR count). The van der Waals surface area contributed by atoms with Gasteiger partial charge in [0.2, 0.25) is 0 Å². The van der Waals surface area contributed by atoms with Crippen LogP contribution in [-0.4, -0.2) is 31.2 Å². The molecule has 0 unspecified atom stereocenters. The van der Waals surface area contributed by atoms with Gasteiger partial charge in [-0.05, 0) is 55.2 Å². The van der Waals surface area contributed by atoms with Crippen molar-refractivity contribution in [3.63, 3.8) is 0 Å². The fourth-order valence-corrected chi connectivity index (χ4v) is 3.81. The van der Waals surface area contributed by atoms with Crippen LogP contribution in [0.1, 0.15) is 36.8 Å². The molecule has 0 fully saturated rings. The van der Waals surface area contributed by atoms with Crippen LogP contribution in [0.3, 0.4) is 0 Å². The van der Waals surface area contributed by atoms with Gasteiger partial charge in [-0.1, -0.05) is 29.8 Å². The zero-order valence-electron chi connectivity index (χ0n) is 18.6. The number of hydrogen-bond donors (Lipinski definition) is 1. The van der Waals surface area contributed by atoms with Gasteiger partial charge in [0.15, 0.2) is 11.6 Å². The highest BCUT2D eigenvalue weighted by Crippen LogP contribution is 2.32. The van der Waals surface area contributed by atoms with Gasteiger partial charge in [-0.15, -0.1) is 5.10 Å². The van der Waals surface area contributed by atoms with E-state index in [0.717, 1.165) is 10.7 Å². The predicted molar refractivity (Wildman–Crippen MR) is 123 cm³/mol. The van der Waals surface area contributed by atoms with Gasteiger partial charge in [-0.2, -0.15) is 13.2 Å². The van der Waals surface area contributed by atoms with Crippen LogP contribution in [0.5, 0.6) is 0 Å². The van der Waals surface area contributed by atoms with Gasteiger partial charge in [0, 0.05) is 30.0 Å². The number of rotatable bonds is 11. The monoisotopic (exact) mass is 509 g/mol. The molecular weight excluding hydrogens is 487 g/mol. The number of ketones is 1. The maximum absolute atomic E-state index is 13.1. The van der Waals surface area contributed by atoms with E-state index in [1.54, 1.807) is 24.3 Å². The topological polar surface area (TPSA) is 94.2 Å². The van der Waals surface area contributed by atoms with Crippen molar-refractivity contribution in [2.24, 2.45) is 0 Å². The number of carboxylic acids is 1. The van der Waals surface area contributed by atoms with E-state index < -0.39 is 23.4 Å². The number of halogens is 4. The minimum absolute atomic E-state index is 0.0270. The molecule has 1 N–H and O–H groups in total. The quantitative estimate of drug-likeness (QED) is 0.399. The third-order valence-corrected chi connectivity index (χ3v) is 5.60. The molecule has 1 aromatic heterocycles. The number of Topliss-reactive ketones (excluding diaryl/α,β-unsaturated/α-hetero) is 1. The molecule has 0 aliphatic heterocycles. The Labute approximate surface area is 203 Å². The Morgan fingerprint density at radius 1 is 1.00 bits per heavy atom. The van der Waals surface area contributed by atoms with E-state index in [-0.39, 0.29) is 62.4 Å². The number of aromatic nitrogens is 3. The molecule has 35 heavy (non-hydrogen) atoms. The summed E-state index contributed by atoms with van der Waals surface area (Å²) >= 11 is 5.92. The lowest BCUT2D eigenvalue weighted by Crippen LogP contribution is -2.28. The first-order valence-electron chi connectivity index (χ1n) is 10.9. The molecule has 0 radical (unpaired) electrons. The molecule has 7 nitrogen and oxygen atoms in total. The van der Waals surface area contributed by atoms with Crippen molar-refractivity contribution in [1.29, 1.82) is 0 Å². The number of hydrogen-bond acceptors (Lipinski definition) is 4. The first kappa shape index (κ1) is 26.2. The largest absolute Gasteiger partial charge is 0.481 e. The van der Waals surface area contributed by atoms with Gasteiger partial charge in [0.25, 0.3) is 0 Å². The van der Waals surface area contributed by atoms with E-state index in [4.69, 9.17) is 16.7 Å². The molecule has 0 aliphatic rings. The molecule has 11 heteroatoms. The minimum Gasteiger partial charge on any atom is -0.481 e. The fourth-order valence-electron chi connectivity index (χ4n) is 3.68. The lowest BCUT2D eigenvalue weighted by molar-refractivity contribution is -0.138. The third kappa shape index (κ3) is 7.05. The number of benzene rings is 2. The Bertz CT molecular complexity index is 1250. The third-order valence-electron chi connectivity index (χ3n) is 5.35. The number of carbonyl (C=O) groups is 2. The Morgan fingerprint density at radius 2 is 1.69 bits per heavy atom. The molecule has 186 valence electrons. The van der Waals surface area contributed by atoms with E-state index in [0.29, 0.717) is 10.6 Å². The second kappa shape index (κ2) is 11.4. The SMILES string of the molecule is O=C(O)CCCn1c(-c2ccc(Cl)cc2)nn(CC(=O)CCCc2ccccc2C(F)(F)F)c1=O. The molecular formula is C24H23ClF3N3O4. The summed E-state index contributed by atoms with van der Waals surface area (Å²) < 4.78 is 41.7. The van der Waals surface area contributed by atoms with Crippen LogP contribution < -0.4 is 5.69 Å². The molecule has 2 aromatic carbocycles. The maximum Gasteiger partial charge on any atom is 0.416 e. The fraction of sp³-hybridized carbons (Fsp3) is 0.333. The van der Waals surface area contributed by atoms with Gasteiger partial charge >= 0.3 is 17.8 Å². The lowest BCUT2D eigenvalue weighted by atomic mass is 10.0. The first-order valence-corrected chi connectivity index (χ1v) is 11.3. The van der Waals surface area contributed by atoms with Crippen molar-refractivity contribution in [2.45, 2.75) is 51.4 Å². The molecule has 0 bridgehead atoms. The zero-order valence-corrected chi connectivity index (χ0v) is 19.3. The predicted octanol–water partition coefficient (Wildman–Crippen LogP) is 4.84. The van der Waals surface area contributed by atoms with E-state index in [1.165, 1.54) is 22.8 Å². The Morgan fingerprint density at radius 3 is 2.34 bits per heavy atom. The summed E-state index contributed by atoms with van der Waals surface area (Å²) in [4.78, 5) is 36.3. The Balaban J connectivity index is 1.72. The van der Waals surface area contributed by atoms with Gasteiger partial charge in [-0.25, -0.2) is 9.48 Å². The molecule has 1 heterocycles.